The standard InChI is InChI=1S/C42H54N6O2S2/c1-43-29-21-35(22-30-43)17-19-37-13-7-9-15-39(37)45(3)25-11-27-47(5)41(49)33-51-52-34-42(50)48(6)28-12-26-46(4)40-16-10-8-14-38(40)20-18-36-23-31-44(2)32-24-36/h7-10,13-24,29-32H,11-12,25-28,33-34H2,1-6H3/q+2. The number of benzene rings is 2. The molecule has 2 amide bonds. The van der Waals surface area contributed by atoms with Crippen molar-refractivity contribution in [2.24, 2.45) is 14.1 Å². The molecule has 0 N–H and O–H groups in total. The zero-order valence-electron chi connectivity index (χ0n) is 31.5. The van der Waals surface area contributed by atoms with Crippen molar-refractivity contribution < 1.29 is 18.7 Å². The summed E-state index contributed by atoms with van der Waals surface area (Å²) in [4.78, 5) is 33.7. The number of rotatable bonds is 19. The van der Waals surface area contributed by atoms with Crippen LogP contribution in [0.25, 0.3) is 24.3 Å². The molecular formula is C42H54N6O2S2+2. The van der Waals surface area contributed by atoms with Gasteiger partial charge in [-0.3, -0.25) is 9.59 Å². The zero-order chi connectivity index (χ0) is 37.3. The molecule has 10 heteroatoms. The predicted octanol–water partition coefficient (Wildman–Crippen LogP) is 6.33. The second-order valence-electron chi connectivity index (χ2n) is 13.1. The van der Waals surface area contributed by atoms with Gasteiger partial charge < -0.3 is 19.6 Å². The van der Waals surface area contributed by atoms with Gasteiger partial charge >= 0.3 is 0 Å². The SMILES string of the molecule is CN(CCCN(C)c1ccccc1/C=C/c1cc[n+](C)cc1)C(=O)CSSCC(=O)N(C)CCCN(C)c1ccccc1/C=C/c1cc[n+](C)cc1. The summed E-state index contributed by atoms with van der Waals surface area (Å²) in [5.41, 5.74) is 6.95. The quantitative estimate of drug-likeness (QED) is 0.0638. The van der Waals surface area contributed by atoms with Gasteiger partial charge in [0.05, 0.1) is 11.5 Å². The number of anilines is 2. The van der Waals surface area contributed by atoms with Gasteiger partial charge in [0.25, 0.3) is 0 Å². The van der Waals surface area contributed by atoms with Crippen LogP contribution < -0.4 is 18.9 Å². The van der Waals surface area contributed by atoms with E-state index in [9.17, 15) is 9.59 Å². The van der Waals surface area contributed by atoms with Gasteiger partial charge in [-0.1, -0.05) is 82.3 Å². The molecule has 52 heavy (non-hydrogen) atoms. The Hall–Kier alpha value is -4.54. The summed E-state index contributed by atoms with van der Waals surface area (Å²) >= 11 is 0. The fourth-order valence-electron chi connectivity index (χ4n) is 5.56. The Morgan fingerprint density at radius 3 is 1.29 bits per heavy atom. The Morgan fingerprint density at radius 1 is 0.538 bits per heavy atom. The van der Waals surface area contributed by atoms with Gasteiger partial charge in [0.1, 0.15) is 14.1 Å². The number of para-hydroxylation sites is 2. The molecule has 0 unspecified atom stereocenters. The molecule has 0 bridgehead atoms. The zero-order valence-corrected chi connectivity index (χ0v) is 33.2. The number of amides is 2. The van der Waals surface area contributed by atoms with E-state index < -0.39 is 0 Å². The molecule has 8 nitrogen and oxygen atoms in total. The Morgan fingerprint density at radius 2 is 0.904 bits per heavy atom. The van der Waals surface area contributed by atoms with Crippen LogP contribution in [0.3, 0.4) is 0 Å². The Balaban J connectivity index is 1.11. The number of hydrogen-bond acceptors (Lipinski definition) is 6. The minimum Gasteiger partial charge on any atom is -0.374 e. The first-order chi connectivity index (χ1) is 25.1. The first-order valence-corrected chi connectivity index (χ1v) is 20.2. The molecule has 2 heterocycles. The second-order valence-corrected chi connectivity index (χ2v) is 15.5. The van der Waals surface area contributed by atoms with Crippen molar-refractivity contribution in [2.75, 3.05) is 75.7 Å². The molecule has 4 rings (SSSR count). The number of nitrogens with zero attached hydrogens (tertiary/aromatic N) is 6. The van der Waals surface area contributed by atoms with Crippen LogP contribution in [0.1, 0.15) is 35.1 Å². The van der Waals surface area contributed by atoms with Crippen molar-refractivity contribution in [3.63, 3.8) is 0 Å². The number of hydrogen-bond donors (Lipinski definition) is 0. The highest BCUT2D eigenvalue weighted by molar-refractivity contribution is 8.77. The van der Waals surface area contributed by atoms with E-state index in [0.717, 1.165) is 59.6 Å². The minimum absolute atomic E-state index is 0.0802. The third-order valence-corrected chi connectivity index (χ3v) is 11.0. The molecule has 2 aromatic heterocycles. The van der Waals surface area contributed by atoms with Gasteiger partial charge in [0.2, 0.25) is 11.8 Å². The van der Waals surface area contributed by atoms with E-state index in [2.05, 4.69) is 121 Å². The average molecular weight is 739 g/mol. The van der Waals surface area contributed by atoms with E-state index in [0.29, 0.717) is 24.6 Å². The lowest BCUT2D eigenvalue weighted by Crippen LogP contribution is -2.32. The summed E-state index contributed by atoms with van der Waals surface area (Å²) in [6.45, 7) is 3.02. The van der Waals surface area contributed by atoms with Gasteiger partial charge in [0, 0.05) is 90.0 Å². The smallest absolute Gasteiger partial charge is 0.233 e. The normalized spacial score (nSPS) is 11.3. The van der Waals surface area contributed by atoms with Crippen LogP contribution in [0, 0.1) is 0 Å². The highest BCUT2D eigenvalue weighted by Crippen LogP contribution is 2.24. The minimum atomic E-state index is 0.0802. The van der Waals surface area contributed by atoms with Crippen molar-refractivity contribution in [2.45, 2.75) is 12.8 Å². The van der Waals surface area contributed by atoms with Crippen LogP contribution in [0.4, 0.5) is 11.4 Å². The highest BCUT2D eigenvalue weighted by atomic mass is 33.1. The van der Waals surface area contributed by atoms with E-state index in [1.54, 1.807) is 9.80 Å². The van der Waals surface area contributed by atoms with Crippen LogP contribution in [0.2, 0.25) is 0 Å². The van der Waals surface area contributed by atoms with Crippen LogP contribution >= 0.6 is 21.6 Å². The molecule has 0 saturated carbocycles. The third-order valence-electron chi connectivity index (χ3n) is 8.89. The Kier molecular flexibility index (Phi) is 16.3. The predicted molar refractivity (Wildman–Crippen MR) is 222 cm³/mol. The summed E-state index contributed by atoms with van der Waals surface area (Å²) in [5, 5.41) is 0. The van der Waals surface area contributed by atoms with Gasteiger partial charge in [-0.05, 0) is 47.2 Å². The first-order valence-electron chi connectivity index (χ1n) is 17.7. The molecule has 274 valence electrons. The van der Waals surface area contributed by atoms with Crippen LogP contribution in [0.5, 0.6) is 0 Å². The fourth-order valence-corrected chi connectivity index (χ4v) is 7.47. The molecule has 0 aliphatic carbocycles. The maximum Gasteiger partial charge on any atom is 0.233 e. The summed E-state index contributed by atoms with van der Waals surface area (Å²) in [6.07, 6.45) is 18.5. The number of pyridine rings is 2. The lowest BCUT2D eigenvalue weighted by molar-refractivity contribution is -0.671. The van der Waals surface area contributed by atoms with Crippen LogP contribution in [0.15, 0.2) is 97.6 Å². The Bertz CT molecular complexity index is 1650. The van der Waals surface area contributed by atoms with Crippen molar-refractivity contribution in [1.29, 1.82) is 0 Å². The fraction of sp³-hybridized carbons (Fsp3) is 0.333. The molecule has 0 aliphatic rings. The molecule has 0 spiro atoms. The maximum atomic E-state index is 12.8. The highest BCUT2D eigenvalue weighted by Gasteiger charge is 2.14. The topological polar surface area (TPSA) is 54.9 Å². The average Bonchev–Trinajstić information content (AvgIpc) is 3.15. The molecule has 0 atom stereocenters. The Labute approximate surface area is 318 Å². The monoisotopic (exact) mass is 738 g/mol. The first kappa shape index (κ1) is 40.2. The van der Waals surface area contributed by atoms with Crippen molar-refractivity contribution in [3.8, 4) is 0 Å². The van der Waals surface area contributed by atoms with E-state index in [4.69, 9.17) is 0 Å². The molecule has 2 aromatic carbocycles. The lowest BCUT2D eigenvalue weighted by Gasteiger charge is -2.24. The van der Waals surface area contributed by atoms with Gasteiger partial charge in [-0.15, -0.1) is 0 Å². The van der Waals surface area contributed by atoms with E-state index >= 15 is 0 Å². The van der Waals surface area contributed by atoms with Gasteiger partial charge in [0.15, 0.2) is 24.8 Å². The summed E-state index contributed by atoms with van der Waals surface area (Å²) < 4.78 is 4.05. The van der Waals surface area contributed by atoms with Crippen LogP contribution in [-0.2, 0) is 23.7 Å². The molecule has 0 fully saturated rings. The van der Waals surface area contributed by atoms with Gasteiger partial charge in [-0.2, -0.15) is 0 Å². The molecular weight excluding hydrogens is 685 g/mol. The molecule has 0 saturated heterocycles. The molecule has 0 radical (unpaired) electrons. The summed E-state index contributed by atoms with van der Waals surface area (Å²) in [7, 11) is 14.8. The number of carbonyl (C=O) groups is 2. The summed E-state index contributed by atoms with van der Waals surface area (Å²) in [6, 6.07) is 25.1. The maximum absolute atomic E-state index is 12.8. The summed E-state index contributed by atoms with van der Waals surface area (Å²) in [5.74, 6) is 0.856. The molecule has 4 aromatic rings. The van der Waals surface area contributed by atoms with Gasteiger partial charge in [-0.25, -0.2) is 9.13 Å². The largest absolute Gasteiger partial charge is 0.374 e. The van der Waals surface area contributed by atoms with Crippen molar-refractivity contribution in [3.05, 3.63) is 120 Å². The molecule has 0 aliphatic heterocycles. The second kappa shape index (κ2) is 21.1. The number of carbonyl (C=O) groups excluding carboxylic acids is 2. The number of aryl methyl sites for hydroxylation is 2. The van der Waals surface area contributed by atoms with Crippen molar-refractivity contribution in [1.82, 2.24) is 9.80 Å². The van der Waals surface area contributed by atoms with E-state index in [1.165, 1.54) is 21.6 Å². The van der Waals surface area contributed by atoms with E-state index in [1.807, 2.05) is 62.1 Å². The third kappa shape index (κ3) is 13.2. The number of aromatic nitrogens is 2. The van der Waals surface area contributed by atoms with Crippen LogP contribution in [-0.4, -0.2) is 87.5 Å². The van der Waals surface area contributed by atoms with Crippen molar-refractivity contribution >= 4 is 69.1 Å². The van der Waals surface area contributed by atoms with E-state index in [-0.39, 0.29) is 11.8 Å². The lowest BCUT2D eigenvalue weighted by atomic mass is 10.1.